The molecule has 0 radical (unpaired) electrons. The summed E-state index contributed by atoms with van der Waals surface area (Å²) >= 11 is 5.86. The van der Waals surface area contributed by atoms with Crippen LogP contribution in [0.25, 0.3) is 0 Å². The Bertz CT molecular complexity index is 622. The van der Waals surface area contributed by atoms with Crippen LogP contribution in [0.4, 0.5) is 0 Å². The fourth-order valence-corrected chi connectivity index (χ4v) is 2.27. The van der Waals surface area contributed by atoms with Gasteiger partial charge < -0.3 is 4.42 Å². The van der Waals surface area contributed by atoms with Crippen LogP contribution in [0.2, 0.25) is 5.02 Å². The highest BCUT2D eigenvalue weighted by molar-refractivity contribution is 6.30. The molecule has 0 atom stereocenters. The highest BCUT2D eigenvalue weighted by atomic mass is 35.5. The van der Waals surface area contributed by atoms with Gasteiger partial charge >= 0.3 is 5.91 Å². The monoisotopic (exact) mass is 307 g/mol. The number of aryl methyl sites for hydroxylation is 1. The van der Waals surface area contributed by atoms with E-state index in [-0.39, 0.29) is 5.76 Å². The number of nitrogens with one attached hydrogen (secondary N) is 1. The predicted octanol–water partition coefficient (Wildman–Crippen LogP) is 2.48. The normalized spacial score (nSPS) is 10.9. The third-order valence-corrected chi connectivity index (χ3v) is 3.35. The Morgan fingerprint density at radius 1 is 1.33 bits per heavy atom. The first-order valence-electron chi connectivity index (χ1n) is 6.53. The van der Waals surface area contributed by atoms with Crippen LogP contribution in [-0.4, -0.2) is 17.9 Å². The minimum absolute atomic E-state index is 0.257. The quantitative estimate of drug-likeness (QED) is 0.506. The molecule has 2 aromatic rings. The van der Waals surface area contributed by atoms with Crippen molar-refractivity contribution in [2.24, 2.45) is 5.84 Å². The number of carbonyl (C=O) groups is 1. The molecule has 1 heterocycles. The number of nitrogens with zero attached hydrogens (tertiary/aromatic N) is 1. The van der Waals surface area contributed by atoms with Crippen LogP contribution >= 0.6 is 11.6 Å². The summed E-state index contributed by atoms with van der Waals surface area (Å²) in [6.45, 7) is 3.17. The molecule has 3 N–H and O–H groups in total. The maximum Gasteiger partial charge on any atom is 0.301 e. The van der Waals surface area contributed by atoms with Crippen LogP contribution in [0.3, 0.4) is 0 Å². The number of amides is 1. The van der Waals surface area contributed by atoms with E-state index in [9.17, 15) is 4.79 Å². The molecular weight excluding hydrogens is 290 g/mol. The molecule has 0 fully saturated rings. The van der Waals surface area contributed by atoms with E-state index in [2.05, 4.69) is 10.3 Å². The number of nitrogen functional groups attached to an aromatic ring is 1. The number of carbonyl (C=O) groups excluding carboxylic acids is 1. The number of benzene rings is 1. The number of hydrogen-bond acceptors (Lipinski definition) is 4. The fourth-order valence-electron chi connectivity index (χ4n) is 2.14. The standard InChI is InChI=1S/C15H18ClN3O2/c1-10-7-13(21-14(10)15(20)18-17)9-19(2)8-11-3-5-12(16)6-4-11/h3-7H,8-9,17H2,1-2H3,(H,18,20). The predicted molar refractivity (Wildman–Crippen MR) is 81.7 cm³/mol. The van der Waals surface area contributed by atoms with Crippen molar-refractivity contribution in [1.29, 1.82) is 0 Å². The minimum Gasteiger partial charge on any atom is -0.454 e. The molecule has 1 aromatic heterocycles. The van der Waals surface area contributed by atoms with Crippen molar-refractivity contribution in [2.45, 2.75) is 20.0 Å². The molecule has 112 valence electrons. The van der Waals surface area contributed by atoms with E-state index in [1.807, 2.05) is 44.3 Å². The third kappa shape index (κ3) is 4.07. The average Bonchev–Trinajstić information content (AvgIpc) is 2.81. The fraction of sp³-hybridized carbons (Fsp3) is 0.267. The molecule has 21 heavy (non-hydrogen) atoms. The molecule has 0 saturated heterocycles. The molecule has 5 nitrogen and oxygen atoms in total. The van der Waals surface area contributed by atoms with Gasteiger partial charge in [0.15, 0.2) is 5.76 Å². The Labute approximate surface area is 128 Å². The smallest absolute Gasteiger partial charge is 0.301 e. The maximum atomic E-state index is 11.5. The molecule has 0 bridgehead atoms. The van der Waals surface area contributed by atoms with Gasteiger partial charge in [-0.15, -0.1) is 0 Å². The van der Waals surface area contributed by atoms with E-state index < -0.39 is 5.91 Å². The molecule has 2 rings (SSSR count). The van der Waals surface area contributed by atoms with E-state index in [1.165, 1.54) is 0 Å². The molecule has 1 aromatic carbocycles. The van der Waals surface area contributed by atoms with Gasteiger partial charge in [0, 0.05) is 17.1 Å². The zero-order valence-electron chi connectivity index (χ0n) is 12.0. The summed E-state index contributed by atoms with van der Waals surface area (Å²) in [5.74, 6) is 5.68. The number of furan rings is 1. The summed E-state index contributed by atoms with van der Waals surface area (Å²) in [4.78, 5) is 13.6. The Kier molecular flexibility index (Phi) is 5.01. The molecule has 6 heteroatoms. The van der Waals surface area contributed by atoms with Gasteiger partial charge in [-0.2, -0.15) is 0 Å². The first kappa shape index (κ1) is 15.6. The zero-order valence-corrected chi connectivity index (χ0v) is 12.8. The van der Waals surface area contributed by atoms with Crippen molar-refractivity contribution in [3.63, 3.8) is 0 Å². The largest absolute Gasteiger partial charge is 0.454 e. The Morgan fingerprint density at radius 2 is 2.00 bits per heavy atom. The lowest BCUT2D eigenvalue weighted by Crippen LogP contribution is -2.30. The summed E-state index contributed by atoms with van der Waals surface area (Å²) in [5.41, 5.74) is 4.00. The Morgan fingerprint density at radius 3 is 2.62 bits per heavy atom. The number of halogens is 1. The van der Waals surface area contributed by atoms with Crippen molar-refractivity contribution in [2.75, 3.05) is 7.05 Å². The van der Waals surface area contributed by atoms with Crippen molar-refractivity contribution in [1.82, 2.24) is 10.3 Å². The molecule has 0 spiro atoms. The molecule has 0 saturated carbocycles. The molecule has 0 aliphatic carbocycles. The number of hydrogen-bond donors (Lipinski definition) is 2. The Hall–Kier alpha value is -1.82. The van der Waals surface area contributed by atoms with Crippen LogP contribution in [0, 0.1) is 6.92 Å². The van der Waals surface area contributed by atoms with E-state index >= 15 is 0 Å². The van der Waals surface area contributed by atoms with Crippen LogP contribution in [0.1, 0.15) is 27.4 Å². The first-order chi connectivity index (χ1) is 9.99. The summed E-state index contributed by atoms with van der Waals surface area (Å²) < 4.78 is 5.54. The van der Waals surface area contributed by atoms with Crippen molar-refractivity contribution >= 4 is 17.5 Å². The van der Waals surface area contributed by atoms with E-state index in [4.69, 9.17) is 21.9 Å². The molecular formula is C15H18ClN3O2. The van der Waals surface area contributed by atoms with Gasteiger partial charge in [-0.25, -0.2) is 5.84 Å². The van der Waals surface area contributed by atoms with Crippen LogP contribution in [-0.2, 0) is 13.1 Å². The van der Waals surface area contributed by atoms with Crippen molar-refractivity contribution in [3.8, 4) is 0 Å². The van der Waals surface area contributed by atoms with Crippen molar-refractivity contribution in [3.05, 3.63) is 58.0 Å². The minimum atomic E-state index is -0.417. The van der Waals surface area contributed by atoms with Crippen LogP contribution < -0.4 is 11.3 Å². The van der Waals surface area contributed by atoms with Crippen LogP contribution in [0.15, 0.2) is 34.7 Å². The maximum absolute atomic E-state index is 11.5. The summed E-state index contributed by atoms with van der Waals surface area (Å²) in [7, 11) is 1.98. The Balaban J connectivity index is 2.01. The van der Waals surface area contributed by atoms with Gasteiger partial charge in [0.05, 0.1) is 6.54 Å². The van der Waals surface area contributed by atoms with Gasteiger partial charge in [0.25, 0.3) is 0 Å². The topological polar surface area (TPSA) is 71.5 Å². The second-order valence-corrected chi connectivity index (χ2v) is 5.43. The lowest BCUT2D eigenvalue weighted by Gasteiger charge is -2.15. The zero-order chi connectivity index (χ0) is 15.4. The van der Waals surface area contributed by atoms with E-state index in [1.54, 1.807) is 0 Å². The summed E-state index contributed by atoms with van der Waals surface area (Å²) in [5, 5.41) is 0.723. The molecule has 0 aliphatic heterocycles. The van der Waals surface area contributed by atoms with Gasteiger partial charge in [-0.05, 0) is 37.7 Å². The number of rotatable bonds is 5. The van der Waals surface area contributed by atoms with E-state index in [0.29, 0.717) is 6.54 Å². The molecule has 0 aliphatic rings. The van der Waals surface area contributed by atoms with Gasteiger partial charge in [-0.3, -0.25) is 15.1 Å². The molecule has 0 unspecified atom stereocenters. The highest BCUT2D eigenvalue weighted by Crippen LogP contribution is 2.17. The lowest BCUT2D eigenvalue weighted by atomic mass is 10.2. The second kappa shape index (κ2) is 6.76. The van der Waals surface area contributed by atoms with Crippen LogP contribution in [0.5, 0.6) is 0 Å². The first-order valence-corrected chi connectivity index (χ1v) is 6.90. The lowest BCUT2D eigenvalue weighted by molar-refractivity contribution is 0.0921. The number of nitrogens with two attached hydrogens (primary N) is 1. The van der Waals surface area contributed by atoms with Gasteiger partial charge in [0.2, 0.25) is 0 Å². The SMILES string of the molecule is Cc1cc(CN(C)Cc2ccc(Cl)cc2)oc1C(=O)NN. The van der Waals surface area contributed by atoms with Crippen molar-refractivity contribution < 1.29 is 9.21 Å². The second-order valence-electron chi connectivity index (χ2n) is 5.00. The van der Waals surface area contributed by atoms with Gasteiger partial charge in [-0.1, -0.05) is 23.7 Å². The summed E-state index contributed by atoms with van der Waals surface area (Å²) in [6, 6.07) is 9.55. The third-order valence-electron chi connectivity index (χ3n) is 3.10. The average molecular weight is 308 g/mol. The molecule has 1 amide bonds. The number of hydrazine groups is 1. The summed E-state index contributed by atoms with van der Waals surface area (Å²) in [6.07, 6.45) is 0. The van der Waals surface area contributed by atoms with Gasteiger partial charge in [0.1, 0.15) is 5.76 Å². The highest BCUT2D eigenvalue weighted by Gasteiger charge is 2.15. The van der Waals surface area contributed by atoms with E-state index in [0.717, 1.165) is 28.5 Å².